The topological polar surface area (TPSA) is 76.1 Å². The molecule has 6 nitrogen and oxygen atoms in total. The molecule has 1 amide bonds. The minimum Gasteiger partial charge on any atom is -0.381 e. The van der Waals surface area contributed by atoms with Gasteiger partial charge in [0.25, 0.3) is 5.91 Å². The SMILES string of the molecule is O=C(N[C@@H](c1ccc(C(F)(F)F)c(F)c1)[C@@H]1CCCN1)c1ccc2cnc(CC3CCOCC3)nc2c1. The Kier molecular flexibility index (Phi) is 7.39. The molecule has 0 bridgehead atoms. The van der Waals surface area contributed by atoms with Gasteiger partial charge in [-0.1, -0.05) is 12.1 Å². The van der Waals surface area contributed by atoms with Gasteiger partial charge in [0.1, 0.15) is 11.6 Å². The standard InChI is InChI=1S/C27H28F4N4O2/c28-21-13-17(5-6-20(21)27(29,30)31)25(22-2-1-9-32-22)35-26(36)18-3-4-19-15-33-24(34-23(19)14-18)12-16-7-10-37-11-8-16/h3-6,13-16,22,25,32H,1-2,7-12H2,(H,35,36)/t22-,25-/m0/s1. The zero-order valence-corrected chi connectivity index (χ0v) is 20.2. The number of halogens is 4. The summed E-state index contributed by atoms with van der Waals surface area (Å²) in [5.74, 6) is -0.598. The summed E-state index contributed by atoms with van der Waals surface area (Å²) in [6.45, 7) is 2.19. The van der Waals surface area contributed by atoms with E-state index in [1.807, 2.05) is 0 Å². The van der Waals surface area contributed by atoms with Crippen LogP contribution >= 0.6 is 0 Å². The first-order valence-corrected chi connectivity index (χ1v) is 12.5. The minimum absolute atomic E-state index is 0.228. The Morgan fingerprint density at radius 2 is 1.95 bits per heavy atom. The molecular formula is C27H28F4N4O2. The zero-order valence-electron chi connectivity index (χ0n) is 20.2. The zero-order chi connectivity index (χ0) is 26.0. The van der Waals surface area contributed by atoms with E-state index in [1.54, 1.807) is 24.4 Å². The maximum Gasteiger partial charge on any atom is 0.419 e. The molecule has 3 aromatic rings. The number of alkyl halides is 3. The Morgan fingerprint density at radius 1 is 1.14 bits per heavy atom. The number of nitrogens with one attached hydrogen (secondary N) is 2. The predicted molar refractivity (Wildman–Crippen MR) is 129 cm³/mol. The maximum absolute atomic E-state index is 14.4. The number of nitrogens with zero attached hydrogens (tertiary/aromatic N) is 2. The molecule has 0 radical (unpaired) electrons. The molecule has 196 valence electrons. The summed E-state index contributed by atoms with van der Waals surface area (Å²) in [5.41, 5.74) is -0.0500. The highest BCUT2D eigenvalue weighted by Gasteiger charge is 2.35. The molecule has 37 heavy (non-hydrogen) atoms. The smallest absolute Gasteiger partial charge is 0.381 e. The third kappa shape index (κ3) is 5.91. The number of fused-ring (bicyclic) bond motifs is 1. The van der Waals surface area contributed by atoms with E-state index in [9.17, 15) is 22.4 Å². The third-order valence-electron chi connectivity index (χ3n) is 7.15. The number of carbonyl (C=O) groups excluding carboxylic acids is 1. The fraction of sp³-hybridized carbons (Fsp3) is 0.444. The summed E-state index contributed by atoms with van der Waals surface area (Å²) in [5, 5.41) is 6.98. The van der Waals surface area contributed by atoms with Crippen LogP contribution in [-0.4, -0.2) is 41.7 Å². The lowest BCUT2D eigenvalue weighted by molar-refractivity contribution is -0.140. The van der Waals surface area contributed by atoms with Crippen LogP contribution in [0.1, 0.15) is 59.0 Å². The molecule has 2 aromatic carbocycles. The van der Waals surface area contributed by atoms with Crippen molar-refractivity contribution in [2.45, 2.75) is 50.4 Å². The van der Waals surface area contributed by atoms with Crippen LogP contribution in [0.15, 0.2) is 42.6 Å². The van der Waals surface area contributed by atoms with Crippen LogP contribution in [0.4, 0.5) is 17.6 Å². The minimum atomic E-state index is -4.79. The van der Waals surface area contributed by atoms with Gasteiger partial charge in [-0.3, -0.25) is 4.79 Å². The number of amides is 1. The molecule has 0 saturated carbocycles. The van der Waals surface area contributed by atoms with Crippen molar-refractivity contribution >= 4 is 16.8 Å². The highest BCUT2D eigenvalue weighted by molar-refractivity contribution is 5.97. The van der Waals surface area contributed by atoms with Crippen LogP contribution in [-0.2, 0) is 17.3 Å². The first kappa shape index (κ1) is 25.5. The first-order valence-electron chi connectivity index (χ1n) is 12.5. The van der Waals surface area contributed by atoms with Crippen molar-refractivity contribution in [2.75, 3.05) is 19.8 Å². The van der Waals surface area contributed by atoms with Crippen LogP contribution in [0.2, 0.25) is 0 Å². The van der Waals surface area contributed by atoms with E-state index in [4.69, 9.17) is 4.74 Å². The van der Waals surface area contributed by atoms with Crippen molar-refractivity contribution < 1.29 is 27.1 Å². The fourth-order valence-electron chi connectivity index (χ4n) is 5.10. The van der Waals surface area contributed by atoms with Crippen molar-refractivity contribution in [2.24, 2.45) is 5.92 Å². The van der Waals surface area contributed by atoms with Gasteiger partial charge in [0.05, 0.1) is 17.1 Å². The van der Waals surface area contributed by atoms with Crippen LogP contribution in [0.25, 0.3) is 10.9 Å². The summed E-state index contributed by atoms with van der Waals surface area (Å²) in [4.78, 5) is 22.4. The van der Waals surface area contributed by atoms with E-state index in [2.05, 4.69) is 20.6 Å². The Balaban J connectivity index is 1.38. The molecule has 2 N–H and O–H groups in total. The second-order valence-corrected chi connectivity index (χ2v) is 9.71. The molecule has 1 aromatic heterocycles. The second kappa shape index (κ2) is 10.7. The van der Waals surface area contributed by atoms with E-state index in [0.717, 1.165) is 56.4 Å². The fourth-order valence-corrected chi connectivity index (χ4v) is 5.10. The van der Waals surface area contributed by atoms with Crippen molar-refractivity contribution in [1.29, 1.82) is 0 Å². The van der Waals surface area contributed by atoms with Gasteiger partial charge in [0.2, 0.25) is 0 Å². The van der Waals surface area contributed by atoms with Gasteiger partial charge >= 0.3 is 6.18 Å². The van der Waals surface area contributed by atoms with Crippen LogP contribution in [0.5, 0.6) is 0 Å². The first-order chi connectivity index (χ1) is 17.8. The highest BCUT2D eigenvalue weighted by atomic mass is 19.4. The number of benzene rings is 2. The van der Waals surface area contributed by atoms with E-state index < -0.39 is 29.5 Å². The Hall–Kier alpha value is -3.11. The summed E-state index contributed by atoms with van der Waals surface area (Å²) in [6, 6.07) is 7.01. The van der Waals surface area contributed by atoms with E-state index in [1.165, 1.54) is 6.07 Å². The molecule has 2 fully saturated rings. The molecule has 2 atom stereocenters. The maximum atomic E-state index is 14.4. The van der Waals surface area contributed by atoms with Gasteiger partial charge in [-0.15, -0.1) is 0 Å². The summed E-state index contributed by atoms with van der Waals surface area (Å²) >= 11 is 0. The molecule has 2 aliphatic heterocycles. The molecule has 2 aliphatic rings. The van der Waals surface area contributed by atoms with Crippen molar-refractivity contribution in [3.05, 3.63) is 70.9 Å². The molecule has 5 rings (SSSR count). The Labute approximate surface area is 211 Å². The lowest BCUT2D eigenvalue weighted by Gasteiger charge is -2.26. The largest absolute Gasteiger partial charge is 0.419 e. The number of hydrogen-bond donors (Lipinski definition) is 2. The number of carbonyl (C=O) groups is 1. The van der Waals surface area contributed by atoms with Gasteiger partial charge in [0, 0.05) is 42.8 Å². The normalized spacial score (nSPS) is 19.7. The Bertz CT molecular complexity index is 1270. The van der Waals surface area contributed by atoms with Gasteiger partial charge in [-0.05, 0) is 68.0 Å². The molecule has 0 aliphatic carbocycles. The number of ether oxygens (including phenoxy) is 1. The van der Waals surface area contributed by atoms with Crippen LogP contribution in [0.3, 0.4) is 0 Å². The number of hydrogen-bond acceptors (Lipinski definition) is 5. The monoisotopic (exact) mass is 516 g/mol. The Morgan fingerprint density at radius 3 is 2.65 bits per heavy atom. The van der Waals surface area contributed by atoms with Gasteiger partial charge in [0.15, 0.2) is 0 Å². The summed E-state index contributed by atoms with van der Waals surface area (Å²) < 4.78 is 59.0. The number of aromatic nitrogens is 2. The average molecular weight is 517 g/mol. The van der Waals surface area contributed by atoms with Gasteiger partial charge in [-0.2, -0.15) is 13.2 Å². The van der Waals surface area contributed by atoms with Crippen molar-refractivity contribution in [3.8, 4) is 0 Å². The number of rotatable bonds is 6. The van der Waals surface area contributed by atoms with Gasteiger partial charge in [-0.25, -0.2) is 14.4 Å². The molecule has 0 unspecified atom stereocenters. The van der Waals surface area contributed by atoms with E-state index in [-0.39, 0.29) is 11.6 Å². The lowest BCUT2D eigenvalue weighted by atomic mass is 9.96. The van der Waals surface area contributed by atoms with Crippen LogP contribution < -0.4 is 10.6 Å². The predicted octanol–water partition coefficient (Wildman–Crippen LogP) is 4.98. The van der Waals surface area contributed by atoms with E-state index >= 15 is 0 Å². The average Bonchev–Trinajstić information content (AvgIpc) is 3.41. The van der Waals surface area contributed by atoms with Crippen molar-refractivity contribution in [3.63, 3.8) is 0 Å². The summed E-state index contributed by atoms with van der Waals surface area (Å²) in [6.07, 6.45) is 1.18. The molecule has 10 heteroatoms. The highest BCUT2D eigenvalue weighted by Crippen LogP contribution is 2.33. The third-order valence-corrected chi connectivity index (χ3v) is 7.15. The van der Waals surface area contributed by atoms with Crippen LogP contribution in [0, 0.1) is 11.7 Å². The molecule has 0 spiro atoms. The quantitative estimate of drug-likeness (QED) is 0.452. The summed E-state index contributed by atoms with van der Waals surface area (Å²) in [7, 11) is 0. The van der Waals surface area contributed by atoms with Crippen molar-refractivity contribution in [1.82, 2.24) is 20.6 Å². The molecule has 3 heterocycles. The van der Waals surface area contributed by atoms with Gasteiger partial charge < -0.3 is 15.4 Å². The molecule has 2 saturated heterocycles. The lowest BCUT2D eigenvalue weighted by Crippen LogP contribution is -2.41. The second-order valence-electron chi connectivity index (χ2n) is 9.71. The van der Waals surface area contributed by atoms with E-state index in [0.29, 0.717) is 35.8 Å². The molecular weight excluding hydrogens is 488 g/mol.